The highest BCUT2D eigenvalue weighted by atomic mass is 35.5. The number of amides is 2. The van der Waals surface area contributed by atoms with Gasteiger partial charge in [0.25, 0.3) is 17.4 Å². The molecular formula is C21H16ClF7N2O4. The Morgan fingerprint density at radius 1 is 1.06 bits per heavy atom. The van der Waals surface area contributed by atoms with Crippen LogP contribution in [0.4, 0.5) is 36.4 Å². The Balaban J connectivity index is 1.78. The summed E-state index contributed by atoms with van der Waals surface area (Å²) in [4.78, 5) is 26.0. The molecule has 0 bridgehead atoms. The Hall–Kier alpha value is -2.90. The second-order valence-electron chi connectivity index (χ2n) is 7.78. The number of alkyl halides is 6. The molecule has 0 aromatic heterocycles. The number of nitrogens with zero attached hydrogens (tertiary/aromatic N) is 1. The van der Waals surface area contributed by atoms with E-state index >= 15 is 0 Å². The number of hydrogen-bond donors (Lipinski definition) is 3. The van der Waals surface area contributed by atoms with Crippen LogP contribution in [0.2, 0.25) is 5.02 Å². The molecule has 1 unspecified atom stereocenters. The lowest BCUT2D eigenvalue weighted by molar-refractivity contribution is -0.376. The van der Waals surface area contributed by atoms with Gasteiger partial charge in [0.05, 0.1) is 0 Å². The van der Waals surface area contributed by atoms with Crippen LogP contribution in [-0.4, -0.2) is 46.5 Å². The number of nitrogens with one attached hydrogen (secondary N) is 1. The normalized spacial score (nSPS) is 19.3. The molecule has 0 saturated carbocycles. The van der Waals surface area contributed by atoms with Crippen LogP contribution in [0.5, 0.6) is 0 Å². The summed E-state index contributed by atoms with van der Waals surface area (Å²) in [5, 5.41) is 22.4. The third kappa shape index (κ3) is 4.80. The highest BCUT2D eigenvalue weighted by molar-refractivity contribution is 6.30. The topological polar surface area (TPSA) is 89.9 Å². The van der Waals surface area contributed by atoms with E-state index in [2.05, 4.69) is 5.32 Å². The molecule has 0 spiro atoms. The first-order valence-corrected chi connectivity index (χ1v) is 10.1. The first-order valence-electron chi connectivity index (χ1n) is 9.74. The van der Waals surface area contributed by atoms with E-state index in [1.165, 1.54) is 6.07 Å². The average Bonchev–Trinajstić information content (AvgIpc) is 3.05. The number of carbonyl (C=O) groups is 2. The maximum Gasteiger partial charge on any atom is 0.430 e. The van der Waals surface area contributed by atoms with Gasteiger partial charge in [-0.05, 0) is 35.9 Å². The third-order valence-corrected chi connectivity index (χ3v) is 5.68. The van der Waals surface area contributed by atoms with E-state index in [1.54, 1.807) is 0 Å². The molecule has 190 valence electrons. The van der Waals surface area contributed by atoms with Crippen molar-refractivity contribution >= 4 is 29.1 Å². The molecule has 0 aliphatic carbocycles. The van der Waals surface area contributed by atoms with Gasteiger partial charge in [0.1, 0.15) is 5.82 Å². The van der Waals surface area contributed by atoms with Crippen molar-refractivity contribution in [2.45, 2.75) is 36.5 Å². The van der Waals surface area contributed by atoms with Crippen LogP contribution < -0.4 is 10.2 Å². The average molecular weight is 529 g/mol. The Morgan fingerprint density at radius 3 is 2.14 bits per heavy atom. The van der Waals surface area contributed by atoms with Gasteiger partial charge in [-0.25, -0.2) is 4.39 Å². The van der Waals surface area contributed by atoms with E-state index in [9.17, 15) is 50.5 Å². The van der Waals surface area contributed by atoms with Gasteiger partial charge in [-0.15, -0.1) is 0 Å². The van der Waals surface area contributed by atoms with E-state index in [-0.39, 0.29) is 29.4 Å². The van der Waals surface area contributed by atoms with Crippen LogP contribution in [0.15, 0.2) is 42.5 Å². The van der Waals surface area contributed by atoms with Gasteiger partial charge in [0, 0.05) is 35.8 Å². The number of halogens is 8. The molecule has 1 aliphatic rings. The second-order valence-corrected chi connectivity index (χ2v) is 8.22. The van der Waals surface area contributed by atoms with Crippen LogP contribution in [0.25, 0.3) is 0 Å². The minimum Gasteiger partial charge on any atom is -0.372 e. The second kappa shape index (κ2) is 8.95. The zero-order chi connectivity index (χ0) is 26.4. The number of benzene rings is 2. The molecule has 1 saturated heterocycles. The molecule has 1 heterocycles. The number of rotatable bonds is 5. The Bertz CT molecular complexity index is 1100. The van der Waals surface area contributed by atoms with Crippen LogP contribution in [0.3, 0.4) is 0 Å². The van der Waals surface area contributed by atoms with E-state index < -0.39 is 53.2 Å². The predicted octanol–water partition coefficient (Wildman–Crippen LogP) is 3.58. The summed E-state index contributed by atoms with van der Waals surface area (Å²) in [6, 6.07) is 5.53. The summed E-state index contributed by atoms with van der Waals surface area (Å²) < 4.78 is 91.7. The minimum atomic E-state index is -6.08. The van der Waals surface area contributed by atoms with E-state index in [0.29, 0.717) is 24.3 Å². The Morgan fingerprint density at radius 2 is 1.63 bits per heavy atom. The van der Waals surface area contributed by atoms with Crippen molar-refractivity contribution in [1.29, 1.82) is 0 Å². The summed E-state index contributed by atoms with van der Waals surface area (Å²) in [5.74, 6) is -3.01. The Kier molecular flexibility index (Phi) is 6.83. The van der Waals surface area contributed by atoms with Gasteiger partial charge in [-0.3, -0.25) is 9.59 Å². The largest absolute Gasteiger partial charge is 0.430 e. The molecule has 14 heteroatoms. The first-order chi connectivity index (χ1) is 16.0. The maximum absolute atomic E-state index is 13.4. The van der Waals surface area contributed by atoms with E-state index in [0.717, 1.165) is 17.0 Å². The standard InChI is InChI=1S/C21H16ClF7N2O4/c22-13-7-11(8-14(23)9-13)10-30-16(32)18(34)5-6-31(17(18)33)15-3-1-12(2-4-15)19(35,20(24,25)26)21(27,28)29/h1-4,7-9,34-35H,5-6,10H2,(H,30,32). The summed E-state index contributed by atoms with van der Waals surface area (Å²) in [6.07, 6.45) is -12.6. The number of aliphatic hydroxyl groups is 2. The number of anilines is 1. The monoisotopic (exact) mass is 528 g/mol. The fourth-order valence-electron chi connectivity index (χ4n) is 3.57. The molecule has 1 fully saturated rings. The summed E-state index contributed by atoms with van der Waals surface area (Å²) in [7, 11) is 0. The minimum absolute atomic E-state index is 0.0440. The summed E-state index contributed by atoms with van der Waals surface area (Å²) >= 11 is 5.72. The molecule has 1 aliphatic heterocycles. The van der Waals surface area contributed by atoms with Crippen molar-refractivity contribution in [2.75, 3.05) is 11.4 Å². The lowest BCUT2D eigenvalue weighted by Gasteiger charge is -2.33. The molecule has 0 radical (unpaired) electrons. The molecule has 1 atom stereocenters. The van der Waals surface area contributed by atoms with Crippen LogP contribution in [0.1, 0.15) is 17.5 Å². The summed E-state index contributed by atoms with van der Waals surface area (Å²) in [5.41, 5.74) is -9.25. The molecule has 3 rings (SSSR count). The van der Waals surface area contributed by atoms with E-state index in [4.69, 9.17) is 11.6 Å². The van der Waals surface area contributed by atoms with Crippen molar-refractivity contribution in [3.63, 3.8) is 0 Å². The van der Waals surface area contributed by atoms with Gasteiger partial charge in [-0.2, -0.15) is 26.3 Å². The highest BCUT2D eigenvalue weighted by Gasteiger charge is 2.71. The van der Waals surface area contributed by atoms with Gasteiger partial charge in [-0.1, -0.05) is 23.7 Å². The van der Waals surface area contributed by atoms with Crippen LogP contribution >= 0.6 is 11.6 Å². The molecular weight excluding hydrogens is 513 g/mol. The van der Waals surface area contributed by atoms with Gasteiger partial charge < -0.3 is 20.4 Å². The lowest BCUT2D eigenvalue weighted by atomic mass is 9.92. The van der Waals surface area contributed by atoms with Crippen molar-refractivity contribution in [2.24, 2.45) is 0 Å². The van der Waals surface area contributed by atoms with Gasteiger partial charge in [0.2, 0.25) is 5.60 Å². The van der Waals surface area contributed by atoms with Gasteiger partial charge in [0.15, 0.2) is 0 Å². The lowest BCUT2D eigenvalue weighted by Crippen LogP contribution is -2.54. The molecule has 6 nitrogen and oxygen atoms in total. The van der Waals surface area contributed by atoms with Crippen LogP contribution in [-0.2, 0) is 21.7 Å². The molecule has 35 heavy (non-hydrogen) atoms. The molecule has 2 amide bonds. The van der Waals surface area contributed by atoms with E-state index in [1.807, 2.05) is 0 Å². The maximum atomic E-state index is 13.4. The fraction of sp³-hybridized carbons (Fsp3) is 0.333. The van der Waals surface area contributed by atoms with Crippen molar-refractivity contribution < 1.29 is 50.5 Å². The van der Waals surface area contributed by atoms with Crippen molar-refractivity contribution in [1.82, 2.24) is 5.32 Å². The SMILES string of the molecule is O=C(NCc1cc(F)cc(Cl)c1)C1(O)CCN(c2ccc(C(O)(C(F)(F)F)C(F)(F)F)cc2)C1=O. The van der Waals surface area contributed by atoms with Crippen LogP contribution in [0, 0.1) is 5.82 Å². The highest BCUT2D eigenvalue weighted by Crippen LogP contribution is 2.50. The third-order valence-electron chi connectivity index (χ3n) is 5.46. The molecule has 2 aromatic rings. The van der Waals surface area contributed by atoms with Gasteiger partial charge >= 0.3 is 12.4 Å². The predicted molar refractivity (Wildman–Crippen MR) is 108 cm³/mol. The Labute approximate surface area is 197 Å². The number of carbonyl (C=O) groups excluding carboxylic acids is 2. The van der Waals surface area contributed by atoms with Crippen molar-refractivity contribution in [3.8, 4) is 0 Å². The zero-order valence-electron chi connectivity index (χ0n) is 17.3. The first kappa shape index (κ1) is 26.7. The fourth-order valence-corrected chi connectivity index (χ4v) is 3.82. The van der Waals surface area contributed by atoms with Crippen molar-refractivity contribution in [3.05, 3.63) is 64.4 Å². The smallest absolute Gasteiger partial charge is 0.372 e. The zero-order valence-corrected chi connectivity index (χ0v) is 18.1. The summed E-state index contributed by atoms with van der Waals surface area (Å²) in [6.45, 7) is -0.592. The molecule has 3 N–H and O–H groups in total. The quantitative estimate of drug-likeness (QED) is 0.409. The molecule has 2 aromatic carbocycles. The number of hydrogen-bond acceptors (Lipinski definition) is 4.